The Morgan fingerprint density at radius 1 is 1.42 bits per heavy atom. The van der Waals surface area contributed by atoms with E-state index in [1.54, 1.807) is 0 Å². The molecule has 1 rings (SSSR count). The second-order valence-corrected chi connectivity index (χ2v) is 2.94. The average Bonchev–Trinajstić information content (AvgIpc) is 2.09. The molecule has 0 atom stereocenters. The van der Waals surface area contributed by atoms with Crippen molar-refractivity contribution in [1.82, 2.24) is 0 Å². The number of nitrogens with zero attached hydrogens (tertiary/aromatic N) is 1. The van der Waals surface area contributed by atoms with Crippen LogP contribution in [0.25, 0.3) is 5.32 Å². The fraction of sp³-hybridized carbons (Fsp3) is 0.600. The number of allylic oxidation sites excluding steroid dienone is 3. The molecule has 0 amide bonds. The van der Waals surface area contributed by atoms with Crippen molar-refractivity contribution in [2.75, 3.05) is 13.1 Å². The van der Waals surface area contributed by atoms with Crippen LogP contribution in [0.3, 0.4) is 0 Å². The van der Waals surface area contributed by atoms with Gasteiger partial charge in [-0.05, 0) is 18.4 Å². The monoisotopic (exact) mass is 337 g/mol. The molecule has 0 bridgehead atoms. The first-order valence-corrected chi connectivity index (χ1v) is 4.30. The molecular formula is C10H16NRe-. The SMILES string of the molecule is C=C/C(=C\C)C1CC[N-]CC1.[Re]. The Labute approximate surface area is 89.0 Å². The number of piperidine rings is 1. The maximum atomic E-state index is 4.32. The van der Waals surface area contributed by atoms with E-state index in [4.69, 9.17) is 0 Å². The Bertz CT molecular complexity index is 157. The maximum absolute atomic E-state index is 4.32. The number of rotatable bonds is 2. The van der Waals surface area contributed by atoms with Crippen LogP contribution in [-0.4, -0.2) is 13.1 Å². The molecule has 0 N–H and O–H groups in total. The van der Waals surface area contributed by atoms with Gasteiger partial charge >= 0.3 is 0 Å². The Hall–Kier alpha value is 0.102. The molecule has 0 unspecified atom stereocenters. The third-order valence-electron chi connectivity index (χ3n) is 2.31. The van der Waals surface area contributed by atoms with Gasteiger partial charge in [-0.1, -0.05) is 31.6 Å². The van der Waals surface area contributed by atoms with Gasteiger partial charge in [-0.15, -0.1) is 13.1 Å². The summed E-state index contributed by atoms with van der Waals surface area (Å²) in [7, 11) is 0. The van der Waals surface area contributed by atoms with Gasteiger partial charge in [-0.25, -0.2) is 0 Å². The molecule has 0 spiro atoms. The molecule has 1 fully saturated rings. The van der Waals surface area contributed by atoms with Gasteiger partial charge in [0.25, 0.3) is 0 Å². The van der Waals surface area contributed by atoms with Crippen LogP contribution in [0.5, 0.6) is 0 Å². The quantitative estimate of drug-likeness (QED) is 0.689. The van der Waals surface area contributed by atoms with Crippen molar-refractivity contribution < 1.29 is 20.4 Å². The Morgan fingerprint density at radius 2 is 2.00 bits per heavy atom. The van der Waals surface area contributed by atoms with Crippen LogP contribution in [0.4, 0.5) is 0 Å². The van der Waals surface area contributed by atoms with Crippen LogP contribution >= 0.6 is 0 Å². The first kappa shape index (κ1) is 12.1. The number of hydrogen-bond acceptors (Lipinski definition) is 0. The smallest absolute Gasteiger partial charge is 0 e. The summed E-state index contributed by atoms with van der Waals surface area (Å²) in [5.41, 5.74) is 1.40. The largest absolute Gasteiger partial charge is 0.662 e. The van der Waals surface area contributed by atoms with Crippen molar-refractivity contribution in [3.05, 3.63) is 29.6 Å². The van der Waals surface area contributed by atoms with E-state index in [1.807, 2.05) is 6.08 Å². The van der Waals surface area contributed by atoms with Crippen LogP contribution in [0, 0.1) is 5.92 Å². The Morgan fingerprint density at radius 3 is 2.42 bits per heavy atom. The minimum absolute atomic E-state index is 0. The van der Waals surface area contributed by atoms with E-state index in [9.17, 15) is 0 Å². The molecule has 2 heteroatoms. The van der Waals surface area contributed by atoms with Gasteiger partial charge in [0.05, 0.1) is 0 Å². The fourth-order valence-electron chi connectivity index (χ4n) is 1.60. The first-order valence-electron chi connectivity index (χ1n) is 4.30. The summed E-state index contributed by atoms with van der Waals surface area (Å²) in [5, 5.41) is 4.32. The van der Waals surface area contributed by atoms with Gasteiger partial charge in [0.2, 0.25) is 0 Å². The molecule has 0 aliphatic carbocycles. The van der Waals surface area contributed by atoms with Crippen molar-refractivity contribution in [2.24, 2.45) is 5.92 Å². The zero-order chi connectivity index (χ0) is 8.10. The van der Waals surface area contributed by atoms with Gasteiger partial charge in [0, 0.05) is 20.4 Å². The first-order chi connectivity index (χ1) is 5.38. The molecule has 1 nitrogen and oxygen atoms in total. The standard InChI is InChI=1S/C10H16N.Re/c1-3-9(4-2)10-5-7-11-8-6-10;/h3-4,10H,1,5-8H2,2H3;/q-1;/b9-4+;. The van der Waals surface area contributed by atoms with E-state index in [1.165, 1.54) is 18.4 Å². The summed E-state index contributed by atoms with van der Waals surface area (Å²) in [6.07, 6.45) is 6.58. The van der Waals surface area contributed by atoms with E-state index < -0.39 is 0 Å². The summed E-state index contributed by atoms with van der Waals surface area (Å²) < 4.78 is 0. The molecule has 12 heavy (non-hydrogen) atoms. The maximum Gasteiger partial charge on any atom is 0 e. The van der Waals surface area contributed by atoms with E-state index in [0.717, 1.165) is 19.0 Å². The molecule has 0 aromatic carbocycles. The summed E-state index contributed by atoms with van der Waals surface area (Å²) in [5.74, 6) is 0.731. The minimum Gasteiger partial charge on any atom is -0.662 e. The molecule has 1 heterocycles. The Kier molecular flexibility index (Phi) is 6.66. The summed E-state index contributed by atoms with van der Waals surface area (Å²) in [6.45, 7) is 7.97. The van der Waals surface area contributed by atoms with Gasteiger partial charge in [0.15, 0.2) is 0 Å². The minimum atomic E-state index is 0. The molecule has 0 saturated carbocycles. The van der Waals surface area contributed by atoms with Gasteiger partial charge in [0.1, 0.15) is 0 Å². The van der Waals surface area contributed by atoms with Crippen molar-refractivity contribution >= 4 is 0 Å². The molecule has 1 radical (unpaired) electrons. The topological polar surface area (TPSA) is 14.1 Å². The molecule has 1 saturated heterocycles. The van der Waals surface area contributed by atoms with Crippen LogP contribution < -0.4 is 0 Å². The van der Waals surface area contributed by atoms with Gasteiger partial charge in [-0.2, -0.15) is 0 Å². The van der Waals surface area contributed by atoms with E-state index in [-0.39, 0.29) is 20.4 Å². The van der Waals surface area contributed by atoms with Crippen molar-refractivity contribution in [3.8, 4) is 0 Å². The van der Waals surface area contributed by atoms with Crippen LogP contribution in [-0.2, 0) is 20.4 Å². The van der Waals surface area contributed by atoms with Crippen LogP contribution in [0.1, 0.15) is 19.8 Å². The average molecular weight is 336 g/mol. The van der Waals surface area contributed by atoms with E-state index in [0.29, 0.717) is 0 Å². The normalized spacial score (nSPS) is 19.9. The van der Waals surface area contributed by atoms with Crippen molar-refractivity contribution in [3.63, 3.8) is 0 Å². The summed E-state index contributed by atoms with van der Waals surface area (Å²) >= 11 is 0. The molecule has 69 valence electrons. The summed E-state index contributed by atoms with van der Waals surface area (Å²) in [4.78, 5) is 0. The molecule has 0 aromatic rings. The van der Waals surface area contributed by atoms with Crippen molar-refractivity contribution in [1.29, 1.82) is 0 Å². The van der Waals surface area contributed by atoms with Crippen molar-refractivity contribution in [2.45, 2.75) is 19.8 Å². The van der Waals surface area contributed by atoms with Gasteiger partial charge < -0.3 is 5.32 Å². The predicted molar refractivity (Wildman–Crippen MR) is 49.8 cm³/mol. The Balaban J connectivity index is 0.00000121. The zero-order valence-corrected chi connectivity index (χ0v) is 10.3. The molecule has 1 aliphatic rings. The zero-order valence-electron chi connectivity index (χ0n) is 7.59. The number of hydrogen-bond donors (Lipinski definition) is 0. The third kappa shape index (κ3) is 3.23. The summed E-state index contributed by atoms with van der Waals surface area (Å²) in [6, 6.07) is 0. The second kappa shape index (κ2) is 6.60. The van der Waals surface area contributed by atoms with E-state index >= 15 is 0 Å². The predicted octanol–water partition coefficient (Wildman–Crippen LogP) is 2.90. The second-order valence-electron chi connectivity index (χ2n) is 2.94. The fourth-order valence-corrected chi connectivity index (χ4v) is 1.60. The van der Waals surface area contributed by atoms with E-state index in [2.05, 4.69) is 24.9 Å². The van der Waals surface area contributed by atoms with Gasteiger partial charge in [-0.3, -0.25) is 0 Å². The van der Waals surface area contributed by atoms with Crippen LogP contribution in [0.2, 0.25) is 0 Å². The molecular weight excluding hydrogens is 320 g/mol. The molecule has 0 aromatic heterocycles. The van der Waals surface area contributed by atoms with Crippen LogP contribution in [0.15, 0.2) is 24.3 Å². The molecule has 1 aliphatic heterocycles. The third-order valence-corrected chi connectivity index (χ3v) is 2.31.